The first-order valence-corrected chi connectivity index (χ1v) is 12.7. The van der Waals surface area contributed by atoms with Crippen LogP contribution in [0.1, 0.15) is 40.3 Å². The molecule has 2 aromatic heterocycles. The highest BCUT2D eigenvalue weighted by molar-refractivity contribution is 9.10. The molecule has 0 unspecified atom stereocenters. The average Bonchev–Trinajstić information content (AvgIpc) is 3.32. The molecule has 1 aliphatic rings. The van der Waals surface area contributed by atoms with Gasteiger partial charge < -0.3 is 14.8 Å². The maximum Gasteiger partial charge on any atom is 0.174 e. The molecule has 1 fully saturated rings. The molecule has 4 nitrogen and oxygen atoms in total. The Labute approximate surface area is 218 Å². The normalized spacial score (nSPS) is 17.8. The van der Waals surface area contributed by atoms with E-state index in [2.05, 4.69) is 86.8 Å². The standard InChI is InChI=1S/C27H24BrClN4S/c1-16-15-21(18(3)32(16)24-9-6-7-22(29)17(24)2)26-25(23-8-4-5-14-30-23)31-27(34)33(26)20-12-10-19(28)11-13-20/h4-15,25-26H,1-3H3,(H,31,34)/t25-,26+/m1/s1. The quantitative estimate of drug-likeness (QED) is 0.268. The lowest BCUT2D eigenvalue weighted by Gasteiger charge is -2.28. The van der Waals surface area contributed by atoms with Crippen molar-refractivity contribution in [3.05, 3.63) is 111 Å². The molecule has 0 aliphatic carbocycles. The van der Waals surface area contributed by atoms with Crippen molar-refractivity contribution in [1.29, 1.82) is 0 Å². The molecule has 7 heteroatoms. The molecule has 1 N–H and O–H groups in total. The van der Waals surface area contributed by atoms with Crippen LogP contribution < -0.4 is 10.2 Å². The molecule has 0 bridgehead atoms. The zero-order valence-electron chi connectivity index (χ0n) is 19.1. The Hall–Kier alpha value is -2.67. The number of hydrogen-bond acceptors (Lipinski definition) is 2. The lowest BCUT2D eigenvalue weighted by molar-refractivity contribution is 0.565. The Kier molecular flexibility index (Phi) is 6.23. The maximum atomic E-state index is 6.48. The molecular weight excluding hydrogens is 528 g/mol. The molecule has 2 aromatic carbocycles. The zero-order chi connectivity index (χ0) is 24.0. The summed E-state index contributed by atoms with van der Waals surface area (Å²) in [5.74, 6) is 0. The second-order valence-electron chi connectivity index (χ2n) is 8.52. The Bertz CT molecular complexity index is 1370. The fourth-order valence-electron chi connectivity index (χ4n) is 4.85. The summed E-state index contributed by atoms with van der Waals surface area (Å²) >= 11 is 15.9. The lowest BCUT2D eigenvalue weighted by Crippen LogP contribution is -2.29. The van der Waals surface area contributed by atoms with Crippen LogP contribution in [-0.4, -0.2) is 14.7 Å². The Morgan fingerprint density at radius 3 is 2.47 bits per heavy atom. The van der Waals surface area contributed by atoms with Crippen LogP contribution in [0.2, 0.25) is 5.02 Å². The number of halogens is 2. The third-order valence-corrected chi connectivity index (χ3v) is 7.72. The Balaban J connectivity index is 1.70. The highest BCUT2D eigenvalue weighted by Gasteiger charge is 2.42. The lowest BCUT2D eigenvalue weighted by atomic mass is 9.96. The number of benzene rings is 2. The Morgan fingerprint density at radius 2 is 1.76 bits per heavy atom. The van der Waals surface area contributed by atoms with E-state index in [0.717, 1.165) is 43.5 Å². The van der Waals surface area contributed by atoms with Crippen molar-refractivity contribution < 1.29 is 0 Å². The Morgan fingerprint density at radius 1 is 1.00 bits per heavy atom. The molecule has 3 heterocycles. The van der Waals surface area contributed by atoms with Gasteiger partial charge in [-0.3, -0.25) is 4.98 Å². The predicted octanol–water partition coefficient (Wildman–Crippen LogP) is 7.39. The van der Waals surface area contributed by atoms with E-state index >= 15 is 0 Å². The van der Waals surface area contributed by atoms with Crippen molar-refractivity contribution >= 4 is 50.5 Å². The topological polar surface area (TPSA) is 33.1 Å². The fraction of sp³-hybridized carbons (Fsp3) is 0.185. The minimum Gasteiger partial charge on any atom is -0.351 e. The first-order chi connectivity index (χ1) is 16.4. The molecule has 1 aliphatic heterocycles. The van der Waals surface area contributed by atoms with Crippen LogP contribution >= 0.6 is 39.7 Å². The number of pyridine rings is 1. The molecule has 172 valence electrons. The van der Waals surface area contributed by atoms with Gasteiger partial charge in [0.15, 0.2) is 5.11 Å². The number of nitrogens with zero attached hydrogens (tertiary/aromatic N) is 3. The summed E-state index contributed by atoms with van der Waals surface area (Å²) in [6.45, 7) is 6.36. The van der Waals surface area contributed by atoms with E-state index in [9.17, 15) is 0 Å². The number of aryl methyl sites for hydroxylation is 1. The van der Waals surface area contributed by atoms with Gasteiger partial charge in [0.1, 0.15) is 0 Å². The highest BCUT2D eigenvalue weighted by atomic mass is 79.9. The fourth-order valence-corrected chi connectivity index (χ4v) is 5.63. The largest absolute Gasteiger partial charge is 0.351 e. The van der Waals surface area contributed by atoms with Crippen LogP contribution in [0.25, 0.3) is 5.69 Å². The summed E-state index contributed by atoms with van der Waals surface area (Å²) in [7, 11) is 0. The van der Waals surface area contributed by atoms with Gasteiger partial charge in [-0.1, -0.05) is 39.7 Å². The number of anilines is 1. The van der Waals surface area contributed by atoms with E-state index in [1.807, 2.05) is 42.6 Å². The minimum atomic E-state index is -0.0910. The van der Waals surface area contributed by atoms with Gasteiger partial charge in [0, 0.05) is 38.5 Å². The number of aromatic nitrogens is 2. The summed E-state index contributed by atoms with van der Waals surface area (Å²) in [5.41, 5.74) is 7.64. The molecule has 1 saturated heterocycles. The van der Waals surface area contributed by atoms with Gasteiger partial charge >= 0.3 is 0 Å². The number of nitrogens with one attached hydrogen (secondary N) is 1. The second-order valence-corrected chi connectivity index (χ2v) is 10.2. The van der Waals surface area contributed by atoms with Crippen molar-refractivity contribution in [3.8, 4) is 5.69 Å². The van der Waals surface area contributed by atoms with E-state index in [1.165, 1.54) is 5.56 Å². The monoisotopic (exact) mass is 550 g/mol. The van der Waals surface area contributed by atoms with E-state index in [1.54, 1.807) is 0 Å². The van der Waals surface area contributed by atoms with Gasteiger partial charge in [-0.2, -0.15) is 0 Å². The molecular formula is C27H24BrClN4S. The summed E-state index contributed by atoms with van der Waals surface area (Å²) in [6, 6.07) is 22.4. The van der Waals surface area contributed by atoms with Crippen molar-refractivity contribution in [3.63, 3.8) is 0 Å². The minimum absolute atomic E-state index is 0.0667. The van der Waals surface area contributed by atoms with Gasteiger partial charge in [0.05, 0.1) is 17.8 Å². The third-order valence-electron chi connectivity index (χ3n) is 6.47. The average molecular weight is 552 g/mol. The zero-order valence-corrected chi connectivity index (χ0v) is 22.2. The third kappa shape index (κ3) is 3.94. The SMILES string of the molecule is Cc1c(Cl)cccc1-n1c(C)cc([C@H]2[C@@H](c3ccccn3)NC(=S)N2c2ccc(Br)cc2)c1C. The summed E-state index contributed by atoms with van der Waals surface area (Å²) in [5, 5.41) is 5.00. The van der Waals surface area contributed by atoms with E-state index in [-0.39, 0.29) is 12.1 Å². The van der Waals surface area contributed by atoms with E-state index < -0.39 is 0 Å². The molecule has 2 atom stereocenters. The van der Waals surface area contributed by atoms with Crippen LogP contribution in [0.3, 0.4) is 0 Å². The van der Waals surface area contributed by atoms with Crippen LogP contribution in [0.15, 0.2) is 77.4 Å². The number of hydrogen-bond donors (Lipinski definition) is 1. The molecule has 0 radical (unpaired) electrons. The van der Waals surface area contributed by atoms with Crippen LogP contribution in [-0.2, 0) is 0 Å². The van der Waals surface area contributed by atoms with Crippen molar-refractivity contribution in [1.82, 2.24) is 14.9 Å². The molecule has 0 saturated carbocycles. The van der Waals surface area contributed by atoms with Crippen molar-refractivity contribution in [2.75, 3.05) is 4.90 Å². The highest BCUT2D eigenvalue weighted by Crippen LogP contribution is 2.44. The molecule has 4 aromatic rings. The van der Waals surface area contributed by atoms with E-state index in [4.69, 9.17) is 23.8 Å². The summed E-state index contributed by atoms with van der Waals surface area (Å²) in [4.78, 5) is 6.88. The predicted molar refractivity (Wildman–Crippen MR) is 147 cm³/mol. The maximum absolute atomic E-state index is 6.48. The van der Waals surface area contributed by atoms with Gasteiger partial charge in [0.2, 0.25) is 0 Å². The van der Waals surface area contributed by atoms with Crippen LogP contribution in [0, 0.1) is 20.8 Å². The van der Waals surface area contributed by atoms with Crippen molar-refractivity contribution in [2.45, 2.75) is 32.9 Å². The first-order valence-electron chi connectivity index (χ1n) is 11.1. The molecule has 0 amide bonds. The number of rotatable bonds is 4. The summed E-state index contributed by atoms with van der Waals surface area (Å²) < 4.78 is 3.31. The van der Waals surface area contributed by atoms with Crippen molar-refractivity contribution in [2.24, 2.45) is 0 Å². The summed E-state index contributed by atoms with van der Waals surface area (Å²) in [6.07, 6.45) is 1.83. The smallest absolute Gasteiger partial charge is 0.174 e. The number of thiocarbonyl (C=S) groups is 1. The van der Waals surface area contributed by atoms with Gasteiger partial charge in [-0.15, -0.1) is 0 Å². The van der Waals surface area contributed by atoms with Gasteiger partial charge in [-0.05, 0) is 98.7 Å². The molecule has 34 heavy (non-hydrogen) atoms. The van der Waals surface area contributed by atoms with E-state index in [0.29, 0.717) is 5.11 Å². The van der Waals surface area contributed by atoms with Crippen LogP contribution in [0.5, 0.6) is 0 Å². The first kappa shape index (κ1) is 23.1. The molecule has 5 rings (SSSR count). The van der Waals surface area contributed by atoms with Crippen LogP contribution in [0.4, 0.5) is 5.69 Å². The van der Waals surface area contributed by atoms with Gasteiger partial charge in [-0.25, -0.2) is 0 Å². The molecule has 0 spiro atoms. The van der Waals surface area contributed by atoms with Gasteiger partial charge in [0.25, 0.3) is 0 Å². The second kappa shape index (κ2) is 9.17.